The predicted octanol–water partition coefficient (Wildman–Crippen LogP) is -0.908. The van der Waals surface area contributed by atoms with E-state index in [1.54, 1.807) is 0 Å². The van der Waals surface area contributed by atoms with Crippen molar-refractivity contribution in [3.05, 3.63) is 27.6 Å². The molecule has 0 aromatic heterocycles. The van der Waals surface area contributed by atoms with Crippen LogP contribution >= 0.6 is 0 Å². The molecule has 11 nitrogen and oxygen atoms in total. The van der Waals surface area contributed by atoms with Crippen LogP contribution < -0.4 is 14.8 Å². The first kappa shape index (κ1) is 15.8. The number of ether oxygens (including phenoxy) is 2. The Bertz CT molecular complexity index is 809. The molecule has 0 saturated heterocycles. The average molecular weight is 350 g/mol. The lowest BCUT2D eigenvalue weighted by Crippen LogP contribution is -2.66. The second-order valence-electron chi connectivity index (χ2n) is 6.12. The van der Waals surface area contributed by atoms with Gasteiger partial charge in [0.15, 0.2) is 11.5 Å². The van der Waals surface area contributed by atoms with Crippen molar-refractivity contribution in [2.24, 2.45) is 5.11 Å². The van der Waals surface area contributed by atoms with Crippen molar-refractivity contribution >= 4 is 5.91 Å². The fourth-order valence-electron chi connectivity index (χ4n) is 3.78. The Morgan fingerprint density at radius 1 is 1.24 bits per heavy atom. The van der Waals surface area contributed by atoms with Crippen molar-refractivity contribution in [1.82, 2.24) is 5.32 Å². The second kappa shape index (κ2) is 5.39. The molecule has 2 heterocycles. The zero-order valence-electron chi connectivity index (χ0n) is 12.6. The van der Waals surface area contributed by atoms with E-state index in [9.17, 15) is 25.2 Å². The van der Waals surface area contributed by atoms with Crippen LogP contribution in [-0.4, -0.2) is 63.5 Å². The number of aromatic hydroxyl groups is 1. The third-order valence-corrected chi connectivity index (χ3v) is 4.91. The first-order valence-corrected chi connectivity index (χ1v) is 7.50. The largest absolute Gasteiger partial charge is 0.504 e. The lowest BCUT2D eigenvalue weighted by atomic mass is 9.69. The summed E-state index contributed by atoms with van der Waals surface area (Å²) < 4.78 is 10.4. The average Bonchev–Trinajstić information content (AvgIpc) is 3.06. The molecule has 0 spiro atoms. The maximum atomic E-state index is 12.4. The molecule has 1 aromatic carbocycles. The summed E-state index contributed by atoms with van der Waals surface area (Å²) in [6, 6.07) is -0.744. The van der Waals surface area contributed by atoms with Crippen LogP contribution in [0, 0.1) is 0 Å². The smallest absolute Gasteiger partial charge is 0.255 e. The molecule has 6 atom stereocenters. The lowest BCUT2D eigenvalue weighted by Gasteiger charge is -2.47. The molecule has 4 rings (SSSR count). The number of phenolic OH excluding ortho intramolecular Hbond substituents is 1. The van der Waals surface area contributed by atoms with Gasteiger partial charge < -0.3 is 35.2 Å². The van der Waals surface area contributed by atoms with Gasteiger partial charge in [0.2, 0.25) is 12.5 Å². The number of amides is 1. The molecular formula is C14H14N4O7. The van der Waals surface area contributed by atoms with Crippen molar-refractivity contribution in [2.75, 3.05) is 6.79 Å². The number of carbonyl (C=O) groups excluding carboxylic acids is 1. The van der Waals surface area contributed by atoms with Crippen LogP contribution in [-0.2, 0) is 0 Å². The van der Waals surface area contributed by atoms with E-state index in [0.29, 0.717) is 0 Å². The predicted molar refractivity (Wildman–Crippen MR) is 79.2 cm³/mol. The zero-order valence-corrected chi connectivity index (χ0v) is 12.6. The Hall–Kier alpha value is -2.72. The van der Waals surface area contributed by atoms with E-state index in [4.69, 9.17) is 15.0 Å². The van der Waals surface area contributed by atoms with Crippen molar-refractivity contribution < 1.29 is 34.7 Å². The highest BCUT2D eigenvalue weighted by atomic mass is 16.7. The summed E-state index contributed by atoms with van der Waals surface area (Å²) in [6.45, 7) is -0.134. The summed E-state index contributed by atoms with van der Waals surface area (Å²) in [6.07, 6.45) is -4.65. The van der Waals surface area contributed by atoms with Gasteiger partial charge >= 0.3 is 0 Å². The third kappa shape index (κ3) is 2.04. The maximum absolute atomic E-state index is 12.4. The number of nitrogens with zero attached hydrogens (tertiary/aromatic N) is 3. The van der Waals surface area contributed by atoms with Gasteiger partial charge in [0.1, 0.15) is 12.2 Å². The van der Waals surface area contributed by atoms with E-state index in [-0.39, 0.29) is 29.4 Å². The number of hydrogen-bond acceptors (Lipinski definition) is 8. The number of fused-ring (bicyclic) bond motifs is 4. The van der Waals surface area contributed by atoms with Crippen LogP contribution in [0.25, 0.3) is 10.4 Å². The number of nitrogens with one attached hydrogen (secondary N) is 1. The molecule has 5 N–H and O–H groups in total. The van der Waals surface area contributed by atoms with Gasteiger partial charge in [-0.3, -0.25) is 4.79 Å². The number of carbonyl (C=O) groups is 1. The SMILES string of the molecule is [N-]=[N+]=N[C@H]1[C@H](O)[C@@H](O)[C@@H](O)[C@@H]2NC(=O)c3c(cc4c(c3O)OCO4)[C@@H]12. The molecule has 3 aliphatic rings. The molecule has 1 aliphatic carbocycles. The van der Waals surface area contributed by atoms with E-state index < -0.39 is 48.0 Å². The summed E-state index contributed by atoms with van der Waals surface area (Å²) >= 11 is 0. The molecule has 1 saturated carbocycles. The van der Waals surface area contributed by atoms with Gasteiger partial charge in [-0.05, 0) is 17.2 Å². The molecule has 1 fully saturated rings. The lowest BCUT2D eigenvalue weighted by molar-refractivity contribution is -0.112. The number of benzene rings is 1. The van der Waals surface area contributed by atoms with E-state index >= 15 is 0 Å². The number of azide groups is 1. The molecule has 2 aliphatic heterocycles. The van der Waals surface area contributed by atoms with E-state index in [0.717, 1.165) is 0 Å². The summed E-state index contributed by atoms with van der Waals surface area (Å²) in [7, 11) is 0. The fourth-order valence-corrected chi connectivity index (χ4v) is 3.78. The summed E-state index contributed by atoms with van der Waals surface area (Å²) in [5.74, 6) is -1.79. The highest BCUT2D eigenvalue weighted by Gasteiger charge is 2.54. The number of rotatable bonds is 1. The van der Waals surface area contributed by atoms with Crippen LogP contribution in [0.4, 0.5) is 0 Å². The molecule has 25 heavy (non-hydrogen) atoms. The minimum atomic E-state index is -1.61. The maximum Gasteiger partial charge on any atom is 0.255 e. The number of phenols is 1. The van der Waals surface area contributed by atoms with Crippen LogP contribution in [0.15, 0.2) is 11.2 Å². The van der Waals surface area contributed by atoms with Gasteiger partial charge in [0.05, 0.1) is 23.8 Å². The molecule has 0 radical (unpaired) electrons. The minimum Gasteiger partial charge on any atom is -0.504 e. The topological polar surface area (TPSA) is 177 Å². The number of aliphatic hydroxyl groups excluding tert-OH is 3. The Labute approximate surface area is 140 Å². The van der Waals surface area contributed by atoms with Crippen LogP contribution in [0.3, 0.4) is 0 Å². The standard InChI is InChI=1S/C14H14N4O7/c15-18-17-8-5-3-1-4-13(25-2-24-4)9(19)6(3)14(23)16-7(5)10(20)12(22)11(8)21/h1,5,7-8,10-12,19-22H,2H2,(H,16,23)/t5-,7-,8-,10+,11+,12+/m1/s1. The number of aliphatic hydroxyl groups is 3. The van der Waals surface area contributed by atoms with Crippen molar-refractivity contribution in [2.45, 2.75) is 36.3 Å². The van der Waals surface area contributed by atoms with Gasteiger partial charge in [-0.1, -0.05) is 5.11 Å². The van der Waals surface area contributed by atoms with Crippen molar-refractivity contribution in [1.29, 1.82) is 0 Å². The van der Waals surface area contributed by atoms with Crippen molar-refractivity contribution in [3.8, 4) is 17.2 Å². The minimum absolute atomic E-state index is 0.0182. The van der Waals surface area contributed by atoms with E-state index in [1.807, 2.05) is 0 Å². The first-order valence-electron chi connectivity index (χ1n) is 7.50. The van der Waals surface area contributed by atoms with Gasteiger partial charge in [-0.25, -0.2) is 0 Å². The van der Waals surface area contributed by atoms with Gasteiger partial charge in [0.25, 0.3) is 5.91 Å². The quantitative estimate of drug-likeness (QED) is 0.247. The second-order valence-corrected chi connectivity index (χ2v) is 6.12. The van der Waals surface area contributed by atoms with Gasteiger partial charge in [-0.15, -0.1) is 0 Å². The highest BCUT2D eigenvalue weighted by molar-refractivity contribution is 6.01. The Morgan fingerprint density at radius 3 is 2.72 bits per heavy atom. The van der Waals surface area contributed by atoms with E-state index in [2.05, 4.69) is 15.3 Å². The van der Waals surface area contributed by atoms with E-state index in [1.165, 1.54) is 6.07 Å². The van der Waals surface area contributed by atoms with Gasteiger partial charge in [-0.2, -0.15) is 0 Å². The number of hydrogen-bond donors (Lipinski definition) is 5. The zero-order chi connectivity index (χ0) is 17.9. The highest BCUT2D eigenvalue weighted by Crippen LogP contribution is 2.50. The molecule has 1 aromatic rings. The molecule has 0 unspecified atom stereocenters. The molecule has 1 amide bonds. The Kier molecular flexibility index (Phi) is 3.41. The molecule has 132 valence electrons. The monoisotopic (exact) mass is 350 g/mol. The van der Waals surface area contributed by atoms with Crippen LogP contribution in [0.1, 0.15) is 21.8 Å². The van der Waals surface area contributed by atoms with Crippen LogP contribution in [0.2, 0.25) is 0 Å². The third-order valence-electron chi connectivity index (χ3n) is 4.91. The normalized spacial score (nSPS) is 35.2. The summed E-state index contributed by atoms with van der Waals surface area (Å²) in [5.41, 5.74) is 8.93. The first-order chi connectivity index (χ1) is 12.0. The Morgan fingerprint density at radius 2 is 2.00 bits per heavy atom. The summed E-state index contributed by atoms with van der Waals surface area (Å²) in [4.78, 5) is 15.1. The molecule has 11 heteroatoms. The fraction of sp³-hybridized carbons (Fsp3) is 0.500. The van der Waals surface area contributed by atoms with Crippen LogP contribution in [0.5, 0.6) is 17.2 Å². The van der Waals surface area contributed by atoms with Gasteiger partial charge in [0, 0.05) is 10.8 Å². The Balaban J connectivity index is 1.94. The summed E-state index contributed by atoms with van der Waals surface area (Å²) in [5, 5.41) is 46.9. The molecule has 0 bridgehead atoms. The molecular weight excluding hydrogens is 336 g/mol. The van der Waals surface area contributed by atoms with Crippen molar-refractivity contribution in [3.63, 3.8) is 0 Å².